The van der Waals surface area contributed by atoms with Gasteiger partial charge in [0, 0.05) is 9.64 Å². The first kappa shape index (κ1) is 11.9. The molecule has 3 heteroatoms. The van der Waals surface area contributed by atoms with Crippen molar-refractivity contribution in [3.05, 3.63) is 23.8 Å². The summed E-state index contributed by atoms with van der Waals surface area (Å²) in [5.74, 6) is 0.792. The summed E-state index contributed by atoms with van der Waals surface area (Å²) in [4.78, 5) is 0.976. The molecular weight excluding hydrogens is 206 g/mol. The van der Waals surface area contributed by atoms with E-state index in [0.717, 1.165) is 10.6 Å². The van der Waals surface area contributed by atoms with Gasteiger partial charge in [0.2, 0.25) is 0 Å². The van der Waals surface area contributed by atoms with Gasteiger partial charge in [0.1, 0.15) is 11.8 Å². The Balaban J connectivity index is 3.08. The molecule has 15 heavy (non-hydrogen) atoms. The predicted molar refractivity (Wildman–Crippen MR) is 63.3 cm³/mol. The van der Waals surface area contributed by atoms with E-state index in [1.165, 1.54) is 0 Å². The van der Waals surface area contributed by atoms with Gasteiger partial charge in [-0.15, -0.1) is 11.8 Å². The number of nitrogens with zero attached hydrogens (tertiary/aromatic N) is 1. The lowest BCUT2D eigenvalue weighted by Gasteiger charge is -2.18. The average molecular weight is 221 g/mol. The number of rotatable bonds is 2. The molecule has 0 aliphatic heterocycles. The van der Waals surface area contributed by atoms with Crippen molar-refractivity contribution in [2.45, 2.75) is 30.4 Å². The molecule has 0 aliphatic carbocycles. The second-order valence-electron chi connectivity index (χ2n) is 4.19. The molecule has 0 unspecified atom stereocenters. The average Bonchev–Trinajstić information content (AvgIpc) is 2.15. The normalized spacial score (nSPS) is 10.9. The third kappa shape index (κ3) is 3.49. The van der Waals surface area contributed by atoms with E-state index in [-0.39, 0.29) is 4.75 Å². The molecule has 0 aromatic heterocycles. The van der Waals surface area contributed by atoms with Crippen LogP contribution in [-0.4, -0.2) is 11.9 Å². The Morgan fingerprint density at radius 1 is 1.33 bits per heavy atom. The van der Waals surface area contributed by atoms with Crippen LogP contribution < -0.4 is 4.74 Å². The predicted octanol–water partition coefficient (Wildman–Crippen LogP) is 3.46. The van der Waals surface area contributed by atoms with Crippen molar-refractivity contribution in [2.24, 2.45) is 0 Å². The highest BCUT2D eigenvalue weighted by atomic mass is 32.2. The van der Waals surface area contributed by atoms with Gasteiger partial charge in [-0.3, -0.25) is 0 Å². The van der Waals surface area contributed by atoms with Crippen molar-refractivity contribution in [3.63, 3.8) is 0 Å². The number of hydrogen-bond donors (Lipinski definition) is 0. The number of benzene rings is 1. The van der Waals surface area contributed by atoms with Gasteiger partial charge in [-0.1, -0.05) is 20.8 Å². The summed E-state index contributed by atoms with van der Waals surface area (Å²) in [5, 5.41) is 8.97. The Morgan fingerprint density at radius 2 is 2.00 bits per heavy atom. The first-order valence-electron chi connectivity index (χ1n) is 4.73. The van der Waals surface area contributed by atoms with Crippen molar-refractivity contribution >= 4 is 11.8 Å². The Bertz CT molecular complexity index is 388. The molecule has 0 aliphatic rings. The molecule has 0 heterocycles. The summed E-state index contributed by atoms with van der Waals surface area (Å²) in [6, 6.07) is 7.71. The van der Waals surface area contributed by atoms with Gasteiger partial charge in [0.05, 0.1) is 12.7 Å². The Labute approximate surface area is 95.3 Å². The summed E-state index contributed by atoms with van der Waals surface area (Å²) in [7, 11) is 1.63. The molecule has 0 spiro atoms. The van der Waals surface area contributed by atoms with Crippen LogP contribution in [0, 0.1) is 11.3 Å². The van der Waals surface area contributed by atoms with Crippen molar-refractivity contribution in [1.82, 2.24) is 0 Å². The minimum Gasteiger partial charge on any atom is -0.497 e. The molecule has 0 N–H and O–H groups in total. The molecule has 0 saturated carbocycles. The van der Waals surface area contributed by atoms with E-state index < -0.39 is 0 Å². The summed E-state index contributed by atoms with van der Waals surface area (Å²) < 4.78 is 5.24. The molecule has 2 nitrogen and oxygen atoms in total. The number of hydrogen-bond acceptors (Lipinski definition) is 3. The minimum absolute atomic E-state index is 0.0952. The van der Waals surface area contributed by atoms with E-state index in [1.54, 1.807) is 24.9 Å². The van der Waals surface area contributed by atoms with Crippen LogP contribution in [0.15, 0.2) is 23.1 Å². The molecule has 1 aromatic carbocycles. The molecule has 1 aromatic rings. The molecule has 0 bridgehead atoms. The highest BCUT2D eigenvalue weighted by molar-refractivity contribution is 8.00. The Kier molecular flexibility index (Phi) is 3.65. The SMILES string of the molecule is COc1ccc(C#N)c(SC(C)(C)C)c1. The quantitative estimate of drug-likeness (QED) is 0.717. The summed E-state index contributed by atoms with van der Waals surface area (Å²) >= 11 is 1.68. The Morgan fingerprint density at radius 3 is 2.47 bits per heavy atom. The van der Waals surface area contributed by atoms with Crippen molar-refractivity contribution < 1.29 is 4.74 Å². The van der Waals surface area contributed by atoms with Crippen LogP contribution in [0.4, 0.5) is 0 Å². The van der Waals surface area contributed by atoms with E-state index in [1.807, 2.05) is 12.1 Å². The smallest absolute Gasteiger partial charge is 0.120 e. The second-order valence-corrected chi connectivity index (χ2v) is 6.06. The standard InChI is InChI=1S/C12H15NOS/c1-12(2,3)15-11-7-10(14-4)6-5-9(11)8-13/h5-7H,1-4H3. The fourth-order valence-corrected chi connectivity index (χ4v) is 2.19. The topological polar surface area (TPSA) is 33.0 Å². The third-order valence-electron chi connectivity index (χ3n) is 1.73. The Hall–Kier alpha value is -1.14. The zero-order valence-corrected chi connectivity index (χ0v) is 10.3. The van der Waals surface area contributed by atoms with Gasteiger partial charge in [0.15, 0.2) is 0 Å². The molecule has 80 valence electrons. The van der Waals surface area contributed by atoms with Crippen molar-refractivity contribution in [2.75, 3.05) is 7.11 Å². The van der Waals surface area contributed by atoms with Crippen LogP contribution >= 0.6 is 11.8 Å². The summed E-state index contributed by atoms with van der Waals surface area (Å²) in [6.45, 7) is 6.37. The molecule has 0 radical (unpaired) electrons. The lowest BCUT2D eigenvalue weighted by Crippen LogP contribution is -2.07. The molecule has 0 atom stereocenters. The van der Waals surface area contributed by atoms with Gasteiger partial charge >= 0.3 is 0 Å². The maximum atomic E-state index is 8.97. The number of methoxy groups -OCH3 is 1. The van der Waals surface area contributed by atoms with E-state index in [2.05, 4.69) is 26.8 Å². The lowest BCUT2D eigenvalue weighted by atomic mass is 10.2. The number of nitriles is 1. The second kappa shape index (κ2) is 4.59. The number of thioether (sulfide) groups is 1. The van der Waals surface area contributed by atoms with Crippen molar-refractivity contribution in [3.8, 4) is 11.8 Å². The zero-order valence-electron chi connectivity index (χ0n) is 9.50. The van der Waals surface area contributed by atoms with Gasteiger partial charge in [-0.25, -0.2) is 0 Å². The van der Waals surface area contributed by atoms with Crippen LogP contribution in [0.25, 0.3) is 0 Å². The molecule has 0 fully saturated rings. The first-order chi connectivity index (χ1) is 6.96. The molecule has 0 amide bonds. The van der Waals surface area contributed by atoms with Crippen LogP contribution in [0.2, 0.25) is 0 Å². The maximum absolute atomic E-state index is 8.97. The van der Waals surface area contributed by atoms with Gasteiger partial charge in [-0.05, 0) is 18.2 Å². The summed E-state index contributed by atoms with van der Waals surface area (Å²) in [5.41, 5.74) is 0.704. The van der Waals surface area contributed by atoms with Gasteiger partial charge < -0.3 is 4.74 Å². The fourth-order valence-electron chi connectivity index (χ4n) is 1.14. The van der Waals surface area contributed by atoms with Gasteiger partial charge in [-0.2, -0.15) is 5.26 Å². The largest absolute Gasteiger partial charge is 0.497 e. The van der Waals surface area contributed by atoms with Crippen LogP contribution in [-0.2, 0) is 0 Å². The van der Waals surface area contributed by atoms with Crippen LogP contribution in [0.5, 0.6) is 5.75 Å². The zero-order chi connectivity index (χ0) is 11.5. The van der Waals surface area contributed by atoms with E-state index in [9.17, 15) is 0 Å². The molecular formula is C12H15NOS. The van der Waals surface area contributed by atoms with E-state index in [4.69, 9.17) is 10.00 Å². The summed E-state index contributed by atoms with van der Waals surface area (Å²) in [6.07, 6.45) is 0. The highest BCUT2D eigenvalue weighted by Crippen LogP contribution is 2.35. The van der Waals surface area contributed by atoms with Crippen molar-refractivity contribution in [1.29, 1.82) is 5.26 Å². The first-order valence-corrected chi connectivity index (χ1v) is 5.55. The highest BCUT2D eigenvalue weighted by Gasteiger charge is 2.15. The molecule has 1 rings (SSSR count). The monoisotopic (exact) mass is 221 g/mol. The van der Waals surface area contributed by atoms with Crippen LogP contribution in [0.3, 0.4) is 0 Å². The van der Waals surface area contributed by atoms with E-state index >= 15 is 0 Å². The molecule has 0 saturated heterocycles. The minimum atomic E-state index is 0.0952. The maximum Gasteiger partial charge on any atom is 0.120 e. The lowest BCUT2D eigenvalue weighted by molar-refractivity contribution is 0.413. The number of ether oxygens (including phenoxy) is 1. The van der Waals surface area contributed by atoms with Crippen LogP contribution in [0.1, 0.15) is 26.3 Å². The fraction of sp³-hybridized carbons (Fsp3) is 0.417. The third-order valence-corrected chi connectivity index (χ3v) is 2.90. The van der Waals surface area contributed by atoms with E-state index in [0.29, 0.717) is 5.56 Å². The van der Waals surface area contributed by atoms with Gasteiger partial charge in [0.25, 0.3) is 0 Å².